The Bertz CT molecular complexity index is 515. The molecule has 0 saturated heterocycles. The number of aromatic amines is 1. The Morgan fingerprint density at radius 1 is 1.53 bits per heavy atom. The van der Waals surface area contributed by atoms with E-state index < -0.39 is 0 Å². The molecule has 1 heterocycles. The minimum absolute atomic E-state index is 0.151. The Hall–Kier alpha value is -1.35. The maximum absolute atomic E-state index is 8.88. The minimum Gasteiger partial charge on any atom is -0.392 e. The van der Waals surface area contributed by atoms with Crippen LogP contribution in [0.1, 0.15) is 43.9 Å². The van der Waals surface area contributed by atoms with Crippen LogP contribution in [0.4, 0.5) is 0 Å². The van der Waals surface area contributed by atoms with E-state index in [0.29, 0.717) is 5.92 Å². The van der Waals surface area contributed by atoms with Gasteiger partial charge in [0, 0.05) is 0 Å². The highest BCUT2D eigenvalue weighted by molar-refractivity contribution is 5.58. The van der Waals surface area contributed by atoms with Crippen LogP contribution in [-0.4, -0.2) is 21.9 Å². The molecule has 2 aliphatic rings. The number of hydrogen-bond acceptors (Lipinski definition) is 2. The molecular weight excluding hydrogens is 236 g/mol. The van der Waals surface area contributed by atoms with Crippen molar-refractivity contribution in [2.45, 2.75) is 39.0 Å². The summed E-state index contributed by atoms with van der Waals surface area (Å²) in [6.07, 6.45) is 14.3. The van der Waals surface area contributed by atoms with Gasteiger partial charge >= 0.3 is 0 Å². The molecule has 0 radical (unpaired) electrons. The van der Waals surface area contributed by atoms with E-state index >= 15 is 0 Å². The van der Waals surface area contributed by atoms with E-state index in [2.05, 4.69) is 29.3 Å². The fourth-order valence-corrected chi connectivity index (χ4v) is 3.77. The number of H-pyrrole nitrogens is 1. The molecule has 1 aromatic rings. The molecule has 1 fully saturated rings. The molecular formula is C16H22N2O. The van der Waals surface area contributed by atoms with Crippen molar-refractivity contribution in [3.05, 3.63) is 35.2 Å². The molecule has 0 amide bonds. The lowest BCUT2D eigenvalue weighted by atomic mass is 9.59. The Labute approximate surface area is 114 Å². The van der Waals surface area contributed by atoms with Crippen molar-refractivity contribution in [1.29, 1.82) is 0 Å². The maximum atomic E-state index is 8.88. The highest BCUT2D eigenvalue weighted by Gasteiger charge is 2.42. The Morgan fingerprint density at radius 2 is 2.42 bits per heavy atom. The first-order valence-corrected chi connectivity index (χ1v) is 7.23. The number of aliphatic hydroxyl groups is 1. The van der Waals surface area contributed by atoms with Gasteiger partial charge in [0.05, 0.1) is 18.5 Å². The third kappa shape index (κ3) is 2.16. The van der Waals surface area contributed by atoms with Crippen molar-refractivity contribution >= 4 is 6.08 Å². The summed E-state index contributed by atoms with van der Waals surface area (Å²) in [6, 6.07) is 0. The van der Waals surface area contributed by atoms with Crippen LogP contribution in [0.2, 0.25) is 0 Å². The monoisotopic (exact) mass is 258 g/mol. The summed E-state index contributed by atoms with van der Waals surface area (Å²) in [5, 5.41) is 16.2. The lowest BCUT2D eigenvalue weighted by molar-refractivity contribution is 0.183. The van der Waals surface area contributed by atoms with Crippen LogP contribution in [0.25, 0.3) is 6.08 Å². The van der Waals surface area contributed by atoms with E-state index in [1.165, 1.54) is 30.5 Å². The quantitative estimate of drug-likeness (QED) is 0.818. The number of aliphatic hydroxyl groups excluding tert-OH is 1. The van der Waals surface area contributed by atoms with Crippen molar-refractivity contribution < 1.29 is 5.11 Å². The lowest BCUT2D eigenvalue weighted by Crippen LogP contribution is -2.36. The van der Waals surface area contributed by atoms with E-state index in [-0.39, 0.29) is 12.0 Å². The van der Waals surface area contributed by atoms with E-state index in [1.54, 1.807) is 5.57 Å². The van der Waals surface area contributed by atoms with Gasteiger partial charge in [0.25, 0.3) is 0 Å². The Balaban J connectivity index is 1.88. The molecule has 102 valence electrons. The zero-order valence-corrected chi connectivity index (χ0v) is 11.5. The highest BCUT2D eigenvalue weighted by atomic mass is 16.2. The fourth-order valence-electron chi connectivity index (χ4n) is 3.77. The average Bonchev–Trinajstić information content (AvgIpc) is 2.83. The van der Waals surface area contributed by atoms with Gasteiger partial charge in [0.15, 0.2) is 0 Å². The van der Waals surface area contributed by atoms with Crippen molar-refractivity contribution in [1.82, 2.24) is 10.2 Å². The van der Waals surface area contributed by atoms with Gasteiger partial charge in [-0.05, 0) is 55.1 Å². The molecule has 3 rings (SSSR count). The number of aromatic nitrogens is 2. The minimum atomic E-state index is 0.151. The van der Waals surface area contributed by atoms with Gasteiger partial charge in [-0.1, -0.05) is 24.6 Å². The van der Waals surface area contributed by atoms with E-state index in [0.717, 1.165) is 12.8 Å². The van der Waals surface area contributed by atoms with Crippen LogP contribution >= 0.6 is 0 Å². The number of hydrogen-bond donors (Lipinski definition) is 2. The highest BCUT2D eigenvalue weighted by Crippen LogP contribution is 2.51. The normalized spacial score (nSPS) is 30.0. The second kappa shape index (κ2) is 4.97. The number of nitrogens with one attached hydrogen (secondary N) is 1. The molecule has 2 aliphatic carbocycles. The van der Waals surface area contributed by atoms with Crippen molar-refractivity contribution in [3.63, 3.8) is 0 Å². The van der Waals surface area contributed by atoms with Gasteiger partial charge in [-0.25, -0.2) is 0 Å². The Morgan fingerprint density at radius 3 is 3.26 bits per heavy atom. The molecule has 2 atom stereocenters. The predicted octanol–water partition coefficient (Wildman–Crippen LogP) is 3.09. The van der Waals surface area contributed by atoms with E-state index in [4.69, 9.17) is 5.11 Å². The number of nitrogens with zero attached hydrogens (tertiary/aromatic N) is 1. The summed E-state index contributed by atoms with van der Waals surface area (Å²) in [5.41, 5.74) is 4.41. The van der Waals surface area contributed by atoms with Gasteiger partial charge in [-0.15, -0.1) is 0 Å². The van der Waals surface area contributed by atoms with Gasteiger partial charge in [-0.3, -0.25) is 5.10 Å². The topological polar surface area (TPSA) is 48.9 Å². The van der Waals surface area contributed by atoms with Crippen LogP contribution in [0.15, 0.2) is 23.9 Å². The van der Waals surface area contributed by atoms with Crippen LogP contribution in [0.3, 0.4) is 0 Å². The van der Waals surface area contributed by atoms with Crippen molar-refractivity contribution in [3.8, 4) is 0 Å². The lowest BCUT2D eigenvalue weighted by Gasteiger charge is -2.45. The van der Waals surface area contributed by atoms with Crippen LogP contribution in [0.5, 0.6) is 0 Å². The zero-order valence-electron chi connectivity index (χ0n) is 11.5. The van der Waals surface area contributed by atoms with Crippen LogP contribution in [0, 0.1) is 11.3 Å². The SMILES string of the molecule is C[C@]12Cc3cn[nH]c3C=C1CCC[C@@H]2C/C=C/CO. The molecule has 2 N–H and O–H groups in total. The number of allylic oxidation sites excluding steroid dienone is 2. The summed E-state index contributed by atoms with van der Waals surface area (Å²) in [5.74, 6) is 0.679. The second-order valence-electron chi connectivity index (χ2n) is 6.05. The molecule has 0 aliphatic heterocycles. The average molecular weight is 258 g/mol. The molecule has 0 bridgehead atoms. The van der Waals surface area contributed by atoms with Crippen molar-refractivity contribution in [2.24, 2.45) is 11.3 Å². The first kappa shape index (κ1) is 12.7. The summed E-state index contributed by atoms with van der Waals surface area (Å²) in [6.45, 7) is 2.56. The molecule has 1 aromatic heterocycles. The molecule has 3 nitrogen and oxygen atoms in total. The summed E-state index contributed by atoms with van der Waals surface area (Å²) in [7, 11) is 0. The van der Waals surface area contributed by atoms with Crippen LogP contribution < -0.4 is 0 Å². The molecule has 0 unspecified atom stereocenters. The fraction of sp³-hybridized carbons (Fsp3) is 0.562. The summed E-state index contributed by atoms with van der Waals surface area (Å²) >= 11 is 0. The zero-order chi connectivity index (χ0) is 13.3. The number of rotatable bonds is 3. The summed E-state index contributed by atoms with van der Waals surface area (Å²) in [4.78, 5) is 0. The number of fused-ring (bicyclic) bond motifs is 2. The van der Waals surface area contributed by atoms with Gasteiger partial charge in [-0.2, -0.15) is 5.10 Å². The first-order chi connectivity index (χ1) is 9.24. The third-order valence-corrected chi connectivity index (χ3v) is 4.95. The largest absolute Gasteiger partial charge is 0.392 e. The molecule has 0 spiro atoms. The molecule has 1 saturated carbocycles. The molecule has 3 heteroatoms. The van der Waals surface area contributed by atoms with Crippen molar-refractivity contribution in [2.75, 3.05) is 6.61 Å². The van der Waals surface area contributed by atoms with Crippen LogP contribution in [-0.2, 0) is 6.42 Å². The predicted molar refractivity (Wildman–Crippen MR) is 76.6 cm³/mol. The van der Waals surface area contributed by atoms with Gasteiger partial charge in [0.1, 0.15) is 0 Å². The van der Waals surface area contributed by atoms with Gasteiger partial charge in [0.2, 0.25) is 0 Å². The van der Waals surface area contributed by atoms with Gasteiger partial charge < -0.3 is 5.11 Å². The smallest absolute Gasteiger partial charge is 0.0612 e. The molecule has 19 heavy (non-hydrogen) atoms. The van der Waals surface area contributed by atoms with E-state index in [9.17, 15) is 0 Å². The van der Waals surface area contributed by atoms with E-state index in [1.807, 2.05) is 12.3 Å². The molecule has 0 aromatic carbocycles. The first-order valence-electron chi connectivity index (χ1n) is 7.23. The second-order valence-corrected chi connectivity index (χ2v) is 6.05. The standard InChI is InChI=1S/C16H22N2O/c1-16-10-12-11-17-18-15(12)9-14(16)7-4-6-13(16)5-2-3-8-19/h2-3,9,11,13,19H,4-8,10H2,1H3,(H,17,18)/b3-2+/t13-,16+/m0/s1. The Kier molecular flexibility index (Phi) is 3.31. The maximum Gasteiger partial charge on any atom is 0.0612 e. The third-order valence-electron chi connectivity index (χ3n) is 4.95. The summed E-state index contributed by atoms with van der Waals surface area (Å²) < 4.78 is 0.